The van der Waals surface area contributed by atoms with Crippen LogP contribution in [0.25, 0.3) is 0 Å². The summed E-state index contributed by atoms with van der Waals surface area (Å²) in [6.07, 6.45) is 3.26. The van der Waals surface area contributed by atoms with Crippen molar-refractivity contribution in [2.45, 2.75) is 32.2 Å². The molecule has 1 atom stereocenters. The Hall–Kier alpha value is -0.610. The number of rotatable bonds is 5. The Balaban J connectivity index is 2.43. The summed E-state index contributed by atoms with van der Waals surface area (Å²) in [5.74, 6) is -0.158. The molecule has 0 aromatic carbocycles. The fourth-order valence-corrected chi connectivity index (χ4v) is 1.92. The molecule has 1 fully saturated rings. The highest BCUT2D eigenvalue weighted by molar-refractivity contribution is 5.71. The summed E-state index contributed by atoms with van der Waals surface area (Å²) in [5, 5.41) is 0. The SMILES string of the molecule is CCCN(CC(=O)OC)C1CCCOC1. The molecule has 1 saturated heterocycles. The van der Waals surface area contributed by atoms with Gasteiger partial charge in [-0.2, -0.15) is 0 Å². The number of hydrogen-bond donors (Lipinski definition) is 0. The first-order valence-corrected chi connectivity index (χ1v) is 5.66. The quantitative estimate of drug-likeness (QED) is 0.643. The van der Waals surface area contributed by atoms with E-state index in [0.29, 0.717) is 12.6 Å². The minimum absolute atomic E-state index is 0.158. The summed E-state index contributed by atoms with van der Waals surface area (Å²) < 4.78 is 10.1. The predicted octanol–water partition coefficient (Wildman–Crippen LogP) is 1.05. The first-order chi connectivity index (χ1) is 7.27. The van der Waals surface area contributed by atoms with Crippen LogP contribution in [0.5, 0.6) is 0 Å². The van der Waals surface area contributed by atoms with Crippen molar-refractivity contribution in [3.63, 3.8) is 0 Å². The summed E-state index contributed by atoms with van der Waals surface area (Å²) in [7, 11) is 1.43. The van der Waals surface area contributed by atoms with Crippen molar-refractivity contribution >= 4 is 5.97 Å². The zero-order valence-electron chi connectivity index (χ0n) is 9.70. The standard InChI is InChI=1S/C11H21NO3/c1-3-6-12(8-11(13)14-2)10-5-4-7-15-9-10/h10H,3-9H2,1-2H3. The van der Waals surface area contributed by atoms with Crippen LogP contribution in [0.2, 0.25) is 0 Å². The van der Waals surface area contributed by atoms with E-state index in [1.54, 1.807) is 0 Å². The molecule has 4 nitrogen and oxygen atoms in total. The normalized spacial score (nSPS) is 21.7. The zero-order chi connectivity index (χ0) is 11.1. The van der Waals surface area contributed by atoms with Crippen LogP contribution in [-0.4, -0.2) is 50.3 Å². The van der Waals surface area contributed by atoms with Crippen molar-refractivity contribution in [2.24, 2.45) is 0 Å². The van der Waals surface area contributed by atoms with E-state index in [1.807, 2.05) is 0 Å². The van der Waals surface area contributed by atoms with E-state index in [4.69, 9.17) is 9.47 Å². The van der Waals surface area contributed by atoms with E-state index < -0.39 is 0 Å². The average molecular weight is 215 g/mol. The maximum Gasteiger partial charge on any atom is 0.319 e. The summed E-state index contributed by atoms with van der Waals surface area (Å²) >= 11 is 0. The molecule has 0 aromatic rings. The Labute approximate surface area is 91.5 Å². The van der Waals surface area contributed by atoms with E-state index in [2.05, 4.69) is 11.8 Å². The number of ether oxygens (including phenoxy) is 2. The topological polar surface area (TPSA) is 38.8 Å². The zero-order valence-corrected chi connectivity index (χ0v) is 9.70. The third kappa shape index (κ3) is 4.18. The second kappa shape index (κ2) is 6.80. The highest BCUT2D eigenvalue weighted by atomic mass is 16.5. The summed E-state index contributed by atoms with van der Waals surface area (Å²) in [4.78, 5) is 13.4. The molecule has 0 spiro atoms. The van der Waals surface area contributed by atoms with Gasteiger partial charge in [0.05, 0.1) is 20.3 Å². The number of methoxy groups -OCH3 is 1. The Morgan fingerprint density at radius 1 is 1.60 bits per heavy atom. The lowest BCUT2D eigenvalue weighted by Gasteiger charge is -2.33. The van der Waals surface area contributed by atoms with Gasteiger partial charge in [0.1, 0.15) is 0 Å². The van der Waals surface area contributed by atoms with Crippen molar-refractivity contribution in [1.82, 2.24) is 4.90 Å². The molecule has 88 valence electrons. The average Bonchev–Trinajstić information content (AvgIpc) is 2.29. The molecule has 1 aliphatic rings. The van der Waals surface area contributed by atoms with Gasteiger partial charge in [0.2, 0.25) is 0 Å². The van der Waals surface area contributed by atoms with E-state index >= 15 is 0 Å². The summed E-state index contributed by atoms with van der Waals surface area (Å²) in [6.45, 7) is 5.04. The van der Waals surface area contributed by atoms with Gasteiger partial charge in [0.15, 0.2) is 0 Å². The fraction of sp³-hybridized carbons (Fsp3) is 0.909. The third-order valence-electron chi connectivity index (χ3n) is 2.72. The molecular weight excluding hydrogens is 194 g/mol. The van der Waals surface area contributed by atoms with Crippen molar-refractivity contribution < 1.29 is 14.3 Å². The van der Waals surface area contributed by atoms with Crippen LogP contribution in [0.4, 0.5) is 0 Å². The van der Waals surface area contributed by atoms with E-state index in [1.165, 1.54) is 7.11 Å². The van der Waals surface area contributed by atoms with E-state index in [-0.39, 0.29) is 5.97 Å². The summed E-state index contributed by atoms with van der Waals surface area (Å²) in [6, 6.07) is 0.387. The smallest absolute Gasteiger partial charge is 0.319 e. The molecule has 4 heteroatoms. The molecule has 0 aromatic heterocycles. The first-order valence-electron chi connectivity index (χ1n) is 5.66. The molecule has 0 bridgehead atoms. The van der Waals surface area contributed by atoms with Gasteiger partial charge in [-0.05, 0) is 25.8 Å². The Bertz CT molecular complexity index is 190. The van der Waals surface area contributed by atoms with Gasteiger partial charge in [-0.25, -0.2) is 0 Å². The molecule has 0 radical (unpaired) electrons. The highest BCUT2D eigenvalue weighted by Gasteiger charge is 2.22. The van der Waals surface area contributed by atoms with Crippen LogP contribution >= 0.6 is 0 Å². The molecule has 1 heterocycles. The van der Waals surface area contributed by atoms with Gasteiger partial charge >= 0.3 is 5.97 Å². The number of nitrogens with zero attached hydrogens (tertiary/aromatic N) is 1. The van der Waals surface area contributed by atoms with Crippen molar-refractivity contribution in [2.75, 3.05) is 33.4 Å². The Morgan fingerprint density at radius 2 is 2.40 bits per heavy atom. The Kier molecular flexibility index (Phi) is 5.65. The minimum Gasteiger partial charge on any atom is -0.468 e. The van der Waals surface area contributed by atoms with Gasteiger partial charge in [-0.15, -0.1) is 0 Å². The summed E-state index contributed by atoms with van der Waals surface area (Å²) in [5.41, 5.74) is 0. The minimum atomic E-state index is -0.158. The van der Waals surface area contributed by atoms with Gasteiger partial charge in [-0.1, -0.05) is 6.92 Å². The van der Waals surface area contributed by atoms with Gasteiger partial charge in [0.25, 0.3) is 0 Å². The third-order valence-corrected chi connectivity index (χ3v) is 2.72. The second-order valence-electron chi connectivity index (χ2n) is 3.92. The van der Waals surface area contributed by atoms with Crippen LogP contribution in [0.3, 0.4) is 0 Å². The molecular formula is C11H21NO3. The van der Waals surface area contributed by atoms with E-state index in [9.17, 15) is 4.79 Å². The molecule has 0 amide bonds. The van der Waals surface area contributed by atoms with Crippen LogP contribution in [0.15, 0.2) is 0 Å². The van der Waals surface area contributed by atoms with Gasteiger partial charge < -0.3 is 9.47 Å². The first kappa shape index (κ1) is 12.5. The molecule has 0 N–H and O–H groups in total. The maximum atomic E-state index is 11.2. The largest absolute Gasteiger partial charge is 0.468 e. The number of carbonyl (C=O) groups is 1. The number of hydrogen-bond acceptors (Lipinski definition) is 4. The van der Waals surface area contributed by atoms with Crippen LogP contribution in [0, 0.1) is 0 Å². The van der Waals surface area contributed by atoms with Crippen molar-refractivity contribution in [3.8, 4) is 0 Å². The number of esters is 1. The lowest BCUT2D eigenvalue weighted by atomic mass is 10.1. The van der Waals surface area contributed by atoms with Crippen LogP contribution in [0.1, 0.15) is 26.2 Å². The highest BCUT2D eigenvalue weighted by Crippen LogP contribution is 2.13. The van der Waals surface area contributed by atoms with Crippen LogP contribution < -0.4 is 0 Å². The predicted molar refractivity (Wildman–Crippen MR) is 57.7 cm³/mol. The maximum absolute atomic E-state index is 11.2. The molecule has 1 unspecified atom stereocenters. The van der Waals surface area contributed by atoms with Crippen LogP contribution in [-0.2, 0) is 14.3 Å². The van der Waals surface area contributed by atoms with Crippen molar-refractivity contribution in [1.29, 1.82) is 0 Å². The molecule has 15 heavy (non-hydrogen) atoms. The Morgan fingerprint density at radius 3 is 2.93 bits per heavy atom. The molecule has 0 saturated carbocycles. The number of carbonyl (C=O) groups excluding carboxylic acids is 1. The molecule has 1 aliphatic heterocycles. The van der Waals surface area contributed by atoms with Gasteiger partial charge in [-0.3, -0.25) is 9.69 Å². The van der Waals surface area contributed by atoms with Crippen molar-refractivity contribution in [3.05, 3.63) is 0 Å². The second-order valence-corrected chi connectivity index (χ2v) is 3.92. The lowest BCUT2D eigenvalue weighted by Crippen LogP contribution is -2.44. The van der Waals surface area contributed by atoms with E-state index in [0.717, 1.165) is 39.0 Å². The monoisotopic (exact) mass is 215 g/mol. The molecule has 1 rings (SSSR count). The van der Waals surface area contributed by atoms with Gasteiger partial charge in [0, 0.05) is 12.6 Å². The fourth-order valence-electron chi connectivity index (χ4n) is 1.92. The molecule has 0 aliphatic carbocycles. The lowest BCUT2D eigenvalue weighted by molar-refractivity contribution is -0.143.